The molecule has 0 aliphatic rings. The molecule has 0 radical (unpaired) electrons. The maximum Gasteiger partial charge on any atom is 0.326 e. The lowest BCUT2D eigenvalue weighted by Crippen LogP contribution is -2.58. The molecule has 3 rings (SSSR count). The van der Waals surface area contributed by atoms with Gasteiger partial charge < -0.3 is 33.0 Å². The van der Waals surface area contributed by atoms with Crippen molar-refractivity contribution in [1.29, 1.82) is 0 Å². The van der Waals surface area contributed by atoms with Gasteiger partial charge in [-0.3, -0.25) is 0 Å². The van der Waals surface area contributed by atoms with Crippen LogP contribution in [0.3, 0.4) is 0 Å². The number of rotatable bonds is 23. The summed E-state index contributed by atoms with van der Waals surface area (Å²) in [6, 6.07) is 33.8. The second-order valence-corrected chi connectivity index (χ2v) is 22.2. The van der Waals surface area contributed by atoms with E-state index in [1.807, 2.05) is 18.2 Å². The summed E-state index contributed by atoms with van der Waals surface area (Å²) in [7, 11) is -7.73. The van der Waals surface area contributed by atoms with Gasteiger partial charge in [0.15, 0.2) is 0 Å². The van der Waals surface area contributed by atoms with E-state index in [0.29, 0.717) is 13.2 Å². The zero-order valence-corrected chi connectivity index (χ0v) is 30.6. The fourth-order valence-corrected chi connectivity index (χ4v) is 19.5. The third-order valence-electron chi connectivity index (χ3n) is 7.49. The van der Waals surface area contributed by atoms with Crippen molar-refractivity contribution in [2.24, 2.45) is 0 Å². The Morgan fingerprint density at radius 3 is 1.05 bits per heavy atom. The van der Waals surface area contributed by atoms with Gasteiger partial charge in [0, 0.05) is 49.9 Å². The number of para-hydroxylation sites is 3. The van der Waals surface area contributed by atoms with Crippen molar-refractivity contribution < 1.29 is 17.1 Å². The Hall–Kier alpha value is -2.45. The van der Waals surface area contributed by atoms with Crippen molar-refractivity contribution >= 4 is 42.7 Å². The van der Waals surface area contributed by atoms with Crippen molar-refractivity contribution in [3.8, 4) is 0 Å². The van der Waals surface area contributed by atoms with Crippen molar-refractivity contribution in [3.05, 3.63) is 91.0 Å². The Morgan fingerprint density at radius 1 is 0.455 bits per heavy atom. The predicted octanol–water partition coefficient (Wildman–Crippen LogP) is 8.82. The average Bonchev–Trinajstić information content (AvgIpc) is 3.01. The second kappa shape index (κ2) is 19.2. The molecular weight excluding hydrogens is 599 g/mol. The first-order valence-electron chi connectivity index (χ1n) is 16.3. The Balaban J connectivity index is 1.67. The van der Waals surface area contributed by atoms with Gasteiger partial charge in [0.1, 0.15) is 0 Å². The summed E-state index contributed by atoms with van der Waals surface area (Å²) in [6.07, 6.45) is 2.90. The van der Waals surface area contributed by atoms with Crippen LogP contribution in [0.5, 0.6) is 0 Å². The van der Waals surface area contributed by atoms with Crippen molar-refractivity contribution in [2.45, 2.75) is 70.9 Å². The second-order valence-electron chi connectivity index (χ2n) is 11.7. The van der Waals surface area contributed by atoms with E-state index in [1.54, 1.807) is 0 Å². The van der Waals surface area contributed by atoms with Crippen LogP contribution in [-0.2, 0) is 17.1 Å². The fourth-order valence-electron chi connectivity index (χ4n) is 5.55. The van der Waals surface area contributed by atoms with Gasteiger partial charge >= 0.3 is 25.7 Å². The third-order valence-corrected chi connectivity index (χ3v) is 20.0. The SMILES string of the molecule is CCO[Si](C)(CCCNc1ccccc1)O[Si](C)(CCCNc1ccccc1)O[Si](C)(CCCNc1ccccc1)OCC. The highest BCUT2D eigenvalue weighted by molar-refractivity contribution is 6.85. The van der Waals surface area contributed by atoms with Gasteiger partial charge in [-0.2, -0.15) is 0 Å². The molecule has 10 heteroatoms. The molecule has 0 aliphatic carbocycles. The molecule has 0 amide bonds. The van der Waals surface area contributed by atoms with E-state index in [-0.39, 0.29) is 0 Å². The van der Waals surface area contributed by atoms with Crippen LogP contribution in [0.1, 0.15) is 33.1 Å². The number of nitrogens with one attached hydrogen (secondary N) is 3. The molecule has 44 heavy (non-hydrogen) atoms. The molecular formula is C34H55N3O4Si3. The first-order chi connectivity index (χ1) is 21.3. The van der Waals surface area contributed by atoms with Gasteiger partial charge in [-0.25, -0.2) is 0 Å². The van der Waals surface area contributed by atoms with Gasteiger partial charge in [0.25, 0.3) is 0 Å². The topological polar surface area (TPSA) is 73.0 Å². The molecule has 0 heterocycles. The minimum Gasteiger partial charge on any atom is -0.415 e. The molecule has 0 saturated heterocycles. The van der Waals surface area contributed by atoms with Gasteiger partial charge in [-0.05, 0) is 107 Å². The maximum atomic E-state index is 7.21. The summed E-state index contributed by atoms with van der Waals surface area (Å²) in [4.78, 5) is 0. The van der Waals surface area contributed by atoms with Gasteiger partial charge in [0.05, 0.1) is 0 Å². The standard InChI is InChI=1S/C34H55N3O4Si3/c1-6-38-42(3,29-17-26-35-32-20-11-8-12-21-32)40-44(5,31-19-28-37-34-24-15-10-16-25-34)41-43(4,39-7-2)30-18-27-36-33-22-13-9-14-23-33/h8-16,20-25,35-37H,6-7,17-19,26-31H2,1-5H3. The van der Waals surface area contributed by atoms with Crippen LogP contribution in [0.15, 0.2) is 91.0 Å². The highest BCUT2D eigenvalue weighted by atomic mass is 28.5. The number of hydrogen-bond donors (Lipinski definition) is 3. The van der Waals surface area contributed by atoms with Crippen LogP contribution in [0.25, 0.3) is 0 Å². The summed E-state index contributed by atoms with van der Waals surface area (Å²) >= 11 is 0. The van der Waals surface area contributed by atoms with Crippen molar-refractivity contribution in [2.75, 3.05) is 48.8 Å². The molecule has 0 aromatic heterocycles. The number of benzene rings is 3. The lowest BCUT2D eigenvalue weighted by atomic mass is 10.3. The quantitative estimate of drug-likeness (QED) is 0.0698. The van der Waals surface area contributed by atoms with E-state index in [2.05, 4.69) is 122 Å². The average molecular weight is 654 g/mol. The molecule has 0 spiro atoms. The van der Waals surface area contributed by atoms with E-state index < -0.39 is 25.7 Å². The maximum absolute atomic E-state index is 7.21. The largest absolute Gasteiger partial charge is 0.415 e. The summed E-state index contributed by atoms with van der Waals surface area (Å²) in [5, 5.41) is 10.6. The first kappa shape index (κ1) is 36.0. The van der Waals surface area contributed by atoms with E-state index >= 15 is 0 Å². The van der Waals surface area contributed by atoms with Crippen LogP contribution in [0.2, 0.25) is 37.8 Å². The van der Waals surface area contributed by atoms with Crippen molar-refractivity contribution in [3.63, 3.8) is 0 Å². The number of hydrogen-bond acceptors (Lipinski definition) is 7. The lowest BCUT2D eigenvalue weighted by molar-refractivity contribution is 0.203. The Morgan fingerprint density at radius 2 is 0.750 bits per heavy atom. The molecule has 0 aliphatic heterocycles. The van der Waals surface area contributed by atoms with E-state index in [0.717, 1.165) is 74.1 Å². The Bertz CT molecular complexity index is 1100. The summed E-state index contributed by atoms with van der Waals surface area (Å²) in [6.45, 7) is 14.7. The van der Waals surface area contributed by atoms with Crippen LogP contribution >= 0.6 is 0 Å². The molecule has 0 saturated carbocycles. The zero-order chi connectivity index (χ0) is 31.6. The van der Waals surface area contributed by atoms with Crippen LogP contribution in [0, 0.1) is 0 Å². The molecule has 2 unspecified atom stereocenters. The first-order valence-corrected chi connectivity index (χ1v) is 23.9. The molecule has 0 bridgehead atoms. The van der Waals surface area contributed by atoms with E-state index in [9.17, 15) is 0 Å². The molecule has 3 aromatic rings. The minimum atomic E-state index is -2.69. The van der Waals surface area contributed by atoms with Gasteiger partial charge in [-0.1, -0.05) is 54.6 Å². The highest BCUT2D eigenvalue weighted by Gasteiger charge is 2.47. The molecule has 7 nitrogen and oxygen atoms in total. The van der Waals surface area contributed by atoms with Crippen LogP contribution < -0.4 is 16.0 Å². The van der Waals surface area contributed by atoms with E-state index in [4.69, 9.17) is 17.1 Å². The third kappa shape index (κ3) is 13.7. The molecule has 0 fully saturated rings. The van der Waals surface area contributed by atoms with E-state index in [1.165, 1.54) is 0 Å². The summed E-state index contributed by atoms with van der Waals surface area (Å²) in [5.41, 5.74) is 3.42. The smallest absolute Gasteiger partial charge is 0.326 e. The number of anilines is 3. The lowest BCUT2D eigenvalue weighted by Gasteiger charge is -2.42. The Labute approximate surface area is 269 Å². The molecule has 2 atom stereocenters. The van der Waals surface area contributed by atoms with Gasteiger partial charge in [-0.15, -0.1) is 0 Å². The molecule has 3 N–H and O–H groups in total. The Kier molecular flexibility index (Phi) is 15.7. The monoisotopic (exact) mass is 653 g/mol. The van der Waals surface area contributed by atoms with Crippen molar-refractivity contribution in [1.82, 2.24) is 0 Å². The predicted molar refractivity (Wildman–Crippen MR) is 193 cm³/mol. The zero-order valence-electron chi connectivity index (χ0n) is 27.6. The minimum absolute atomic E-state index is 0.639. The summed E-state index contributed by atoms with van der Waals surface area (Å²) < 4.78 is 27.3. The molecule has 242 valence electrons. The molecule has 3 aromatic carbocycles. The normalized spacial score (nSPS) is 15.5. The fraction of sp³-hybridized carbons (Fsp3) is 0.471. The summed E-state index contributed by atoms with van der Waals surface area (Å²) in [5.74, 6) is 0. The van der Waals surface area contributed by atoms with Crippen LogP contribution in [0.4, 0.5) is 17.1 Å². The van der Waals surface area contributed by atoms with Gasteiger partial charge in [0.2, 0.25) is 0 Å². The highest BCUT2D eigenvalue weighted by Crippen LogP contribution is 2.31. The van der Waals surface area contributed by atoms with Crippen LogP contribution in [-0.4, -0.2) is 58.5 Å².